The van der Waals surface area contributed by atoms with Crippen molar-refractivity contribution >= 4 is 12.0 Å². The van der Waals surface area contributed by atoms with Crippen LogP contribution in [0.1, 0.15) is 12.0 Å². The van der Waals surface area contributed by atoms with Gasteiger partial charge in [0.15, 0.2) is 0 Å². The Kier molecular flexibility index (Phi) is 4.18. The van der Waals surface area contributed by atoms with E-state index in [0.717, 1.165) is 5.56 Å². The lowest BCUT2D eigenvalue weighted by atomic mass is 10.1. The second-order valence-electron chi connectivity index (χ2n) is 5.20. The summed E-state index contributed by atoms with van der Waals surface area (Å²) in [5.74, 6) is -0.223. The number of hydrogen-bond acceptors (Lipinski definition) is 4. The summed E-state index contributed by atoms with van der Waals surface area (Å²) in [6.07, 6.45) is 3.73. The highest BCUT2D eigenvalue weighted by molar-refractivity contribution is 5.93. The minimum atomic E-state index is -0.550. The van der Waals surface area contributed by atoms with E-state index in [2.05, 4.69) is 5.10 Å². The Hall–Kier alpha value is -2.63. The minimum absolute atomic E-state index is 0.223. The highest BCUT2D eigenvalue weighted by atomic mass is 16.6. The molecule has 2 aromatic rings. The number of aromatic nitrogens is 2. The molecule has 1 fully saturated rings. The van der Waals surface area contributed by atoms with Crippen LogP contribution in [0.2, 0.25) is 0 Å². The van der Waals surface area contributed by atoms with Crippen LogP contribution in [0.25, 0.3) is 0 Å². The van der Waals surface area contributed by atoms with Crippen LogP contribution in [0.15, 0.2) is 48.8 Å². The summed E-state index contributed by atoms with van der Waals surface area (Å²) in [4.78, 5) is 25.4. The van der Waals surface area contributed by atoms with Crippen molar-refractivity contribution in [2.45, 2.75) is 25.4 Å². The SMILES string of the molecule is O=C(CCn1cccn1)N1C(=O)OC[C@@H]1Cc1ccccc1. The third-order valence-electron chi connectivity index (χ3n) is 3.66. The molecule has 1 saturated heterocycles. The predicted octanol–water partition coefficient (Wildman–Crippen LogP) is 1.86. The number of rotatable bonds is 5. The first-order chi connectivity index (χ1) is 10.7. The highest BCUT2D eigenvalue weighted by Gasteiger charge is 2.37. The van der Waals surface area contributed by atoms with Gasteiger partial charge in [0.1, 0.15) is 6.61 Å². The van der Waals surface area contributed by atoms with Gasteiger partial charge in [-0.1, -0.05) is 30.3 Å². The standard InChI is InChI=1S/C16H17N3O3/c20-15(7-10-18-9-4-8-17-18)19-14(12-22-16(19)21)11-13-5-2-1-3-6-13/h1-6,8-9,14H,7,10-12H2/t14-/m0/s1. The summed E-state index contributed by atoms with van der Waals surface area (Å²) in [5.41, 5.74) is 1.08. The largest absolute Gasteiger partial charge is 0.447 e. The van der Waals surface area contributed by atoms with Crippen molar-refractivity contribution in [2.75, 3.05) is 6.61 Å². The maximum absolute atomic E-state index is 12.3. The first-order valence-corrected chi connectivity index (χ1v) is 7.24. The number of carbonyl (C=O) groups is 2. The van der Waals surface area contributed by atoms with Gasteiger partial charge in [-0.15, -0.1) is 0 Å². The van der Waals surface area contributed by atoms with Crippen molar-refractivity contribution in [1.29, 1.82) is 0 Å². The number of ether oxygens (including phenoxy) is 1. The Balaban J connectivity index is 1.64. The van der Waals surface area contributed by atoms with E-state index in [1.165, 1.54) is 4.90 Å². The normalized spacial score (nSPS) is 17.5. The molecule has 1 aliphatic rings. The molecule has 1 aromatic carbocycles. The summed E-state index contributed by atoms with van der Waals surface area (Å²) in [5, 5.41) is 4.05. The maximum Gasteiger partial charge on any atom is 0.416 e. The molecule has 6 nitrogen and oxygen atoms in total. The second-order valence-corrected chi connectivity index (χ2v) is 5.20. The van der Waals surface area contributed by atoms with Crippen LogP contribution < -0.4 is 0 Å². The summed E-state index contributed by atoms with van der Waals surface area (Å²) >= 11 is 0. The van der Waals surface area contributed by atoms with Gasteiger partial charge in [-0.25, -0.2) is 9.69 Å². The van der Waals surface area contributed by atoms with Gasteiger partial charge in [0.05, 0.1) is 6.04 Å². The lowest BCUT2D eigenvalue weighted by molar-refractivity contribution is -0.129. The zero-order chi connectivity index (χ0) is 15.4. The van der Waals surface area contributed by atoms with Crippen molar-refractivity contribution in [3.05, 3.63) is 54.4 Å². The molecule has 0 N–H and O–H groups in total. The van der Waals surface area contributed by atoms with Gasteiger partial charge in [0.25, 0.3) is 0 Å². The minimum Gasteiger partial charge on any atom is -0.447 e. The van der Waals surface area contributed by atoms with Gasteiger partial charge in [-0.2, -0.15) is 5.10 Å². The molecule has 0 spiro atoms. The Morgan fingerprint density at radius 2 is 2.09 bits per heavy atom. The molecule has 3 rings (SSSR count). The first-order valence-electron chi connectivity index (χ1n) is 7.24. The van der Waals surface area contributed by atoms with E-state index in [0.29, 0.717) is 13.0 Å². The molecule has 1 aromatic heterocycles. The van der Waals surface area contributed by atoms with Crippen molar-refractivity contribution in [1.82, 2.24) is 14.7 Å². The fraction of sp³-hybridized carbons (Fsp3) is 0.312. The Labute approximate surface area is 128 Å². The van der Waals surface area contributed by atoms with Crippen LogP contribution in [0, 0.1) is 0 Å². The number of imide groups is 1. The number of cyclic esters (lactones) is 1. The average molecular weight is 299 g/mol. The molecule has 1 aliphatic heterocycles. The summed E-state index contributed by atoms with van der Waals surface area (Å²) in [7, 11) is 0. The van der Waals surface area contributed by atoms with Crippen LogP contribution in [0.3, 0.4) is 0 Å². The topological polar surface area (TPSA) is 64.4 Å². The molecule has 0 radical (unpaired) electrons. The van der Waals surface area contributed by atoms with Gasteiger partial charge in [0, 0.05) is 25.4 Å². The molecular formula is C16H17N3O3. The van der Waals surface area contributed by atoms with E-state index in [4.69, 9.17) is 4.74 Å². The molecule has 22 heavy (non-hydrogen) atoms. The fourth-order valence-corrected chi connectivity index (χ4v) is 2.57. The zero-order valence-corrected chi connectivity index (χ0v) is 12.1. The quantitative estimate of drug-likeness (QED) is 0.845. The third-order valence-corrected chi connectivity index (χ3v) is 3.66. The lowest BCUT2D eigenvalue weighted by Crippen LogP contribution is -2.40. The molecule has 2 amide bonds. The average Bonchev–Trinajstić information content (AvgIpc) is 3.16. The fourth-order valence-electron chi connectivity index (χ4n) is 2.57. The van der Waals surface area contributed by atoms with Crippen molar-refractivity contribution in [3.8, 4) is 0 Å². The molecule has 0 bridgehead atoms. The molecule has 0 aliphatic carbocycles. The number of benzene rings is 1. The monoisotopic (exact) mass is 299 g/mol. The lowest BCUT2D eigenvalue weighted by Gasteiger charge is -2.19. The summed E-state index contributed by atoms with van der Waals surface area (Å²) < 4.78 is 6.72. The van der Waals surface area contributed by atoms with Crippen LogP contribution in [-0.4, -0.2) is 39.3 Å². The maximum atomic E-state index is 12.3. The van der Waals surface area contributed by atoms with Crippen molar-refractivity contribution < 1.29 is 14.3 Å². The van der Waals surface area contributed by atoms with E-state index in [-0.39, 0.29) is 25.0 Å². The van der Waals surface area contributed by atoms with E-state index < -0.39 is 6.09 Å². The van der Waals surface area contributed by atoms with Crippen LogP contribution in [-0.2, 0) is 22.5 Å². The highest BCUT2D eigenvalue weighted by Crippen LogP contribution is 2.18. The van der Waals surface area contributed by atoms with E-state index in [1.807, 2.05) is 30.3 Å². The molecule has 114 valence electrons. The molecule has 0 saturated carbocycles. The zero-order valence-electron chi connectivity index (χ0n) is 12.1. The van der Waals surface area contributed by atoms with Crippen LogP contribution in [0.5, 0.6) is 0 Å². The van der Waals surface area contributed by atoms with Gasteiger partial charge in [-0.3, -0.25) is 9.48 Å². The van der Waals surface area contributed by atoms with Gasteiger partial charge in [-0.05, 0) is 18.1 Å². The van der Waals surface area contributed by atoms with E-state index >= 15 is 0 Å². The van der Waals surface area contributed by atoms with Crippen LogP contribution >= 0.6 is 0 Å². The van der Waals surface area contributed by atoms with Crippen molar-refractivity contribution in [2.24, 2.45) is 0 Å². The Bertz CT molecular complexity index is 640. The first kappa shape index (κ1) is 14.3. The van der Waals surface area contributed by atoms with Crippen molar-refractivity contribution in [3.63, 3.8) is 0 Å². The summed E-state index contributed by atoms with van der Waals surface area (Å²) in [6.45, 7) is 0.703. The number of aryl methyl sites for hydroxylation is 1. The van der Waals surface area contributed by atoms with Gasteiger partial charge >= 0.3 is 6.09 Å². The second kappa shape index (κ2) is 6.43. The number of nitrogens with zero attached hydrogens (tertiary/aromatic N) is 3. The van der Waals surface area contributed by atoms with E-state index in [9.17, 15) is 9.59 Å². The number of carbonyl (C=O) groups excluding carboxylic acids is 2. The molecule has 0 unspecified atom stereocenters. The van der Waals surface area contributed by atoms with Gasteiger partial charge in [0.2, 0.25) is 5.91 Å². The Morgan fingerprint density at radius 1 is 1.27 bits per heavy atom. The molecule has 2 heterocycles. The smallest absolute Gasteiger partial charge is 0.416 e. The molecule has 6 heteroatoms. The van der Waals surface area contributed by atoms with Crippen LogP contribution in [0.4, 0.5) is 4.79 Å². The predicted molar refractivity (Wildman–Crippen MR) is 79.0 cm³/mol. The summed E-state index contributed by atoms with van der Waals surface area (Å²) in [6, 6.07) is 11.3. The number of amides is 2. The number of hydrogen-bond donors (Lipinski definition) is 0. The van der Waals surface area contributed by atoms with Gasteiger partial charge < -0.3 is 4.74 Å². The third kappa shape index (κ3) is 3.16. The Morgan fingerprint density at radius 3 is 2.82 bits per heavy atom. The van der Waals surface area contributed by atoms with E-state index in [1.54, 1.807) is 23.1 Å². The molecular weight excluding hydrogens is 282 g/mol. The molecule has 1 atom stereocenters.